The molecule has 5 N–H and O–H groups in total. The minimum atomic E-state index is -1.31. The molecule has 4 aromatic heterocycles. The van der Waals surface area contributed by atoms with E-state index in [2.05, 4.69) is 35.9 Å². The summed E-state index contributed by atoms with van der Waals surface area (Å²) in [6.07, 6.45) is 1.56. The molecule has 0 fully saturated rings. The molecule has 0 radical (unpaired) electrons. The first kappa shape index (κ1) is 26.1. The Hall–Kier alpha value is -4.55. The largest absolute Gasteiger partial charge is 0.417 e. The van der Waals surface area contributed by atoms with Crippen LogP contribution in [0.5, 0.6) is 0 Å². The van der Waals surface area contributed by atoms with E-state index in [4.69, 9.17) is 4.42 Å². The fourth-order valence-corrected chi connectivity index (χ4v) is 4.11. The summed E-state index contributed by atoms with van der Waals surface area (Å²) in [4.78, 5) is 21.4. The third-order valence-corrected chi connectivity index (χ3v) is 6.14. The maximum absolute atomic E-state index is 12.3. The Morgan fingerprint density at radius 3 is 2.54 bits per heavy atom. The Labute approximate surface area is 223 Å². The van der Waals surface area contributed by atoms with Gasteiger partial charge in [-0.1, -0.05) is 30.3 Å². The van der Waals surface area contributed by atoms with Gasteiger partial charge in [0.25, 0.3) is 11.4 Å². The highest BCUT2D eigenvalue weighted by Gasteiger charge is 2.26. The first-order valence-corrected chi connectivity index (χ1v) is 12.5. The molecule has 4 heterocycles. The molecule has 12 heteroatoms. The second-order valence-electron chi connectivity index (χ2n) is 9.97. The summed E-state index contributed by atoms with van der Waals surface area (Å²) in [5, 5.41) is 38.4. The van der Waals surface area contributed by atoms with Crippen LogP contribution >= 0.6 is 0 Å². The summed E-state index contributed by atoms with van der Waals surface area (Å²) < 4.78 is 7.47. The molecule has 0 aliphatic rings. The SMILES string of the molecule is CC(C)n1[nH]c(=O)c2ccc(Nc3cc(N[C@H](CO)c4ccccc4)c(-c4nnc(C(C)(C)O)o4)cn3)nc21. The molecule has 39 heavy (non-hydrogen) atoms. The van der Waals surface area contributed by atoms with E-state index in [1.54, 1.807) is 42.9 Å². The predicted molar refractivity (Wildman–Crippen MR) is 147 cm³/mol. The van der Waals surface area contributed by atoms with Gasteiger partial charge in [-0.25, -0.2) is 9.97 Å². The Morgan fingerprint density at radius 2 is 1.87 bits per heavy atom. The monoisotopic (exact) mass is 530 g/mol. The third kappa shape index (κ3) is 5.38. The predicted octanol–water partition coefficient (Wildman–Crippen LogP) is 3.87. The van der Waals surface area contributed by atoms with Gasteiger partial charge in [-0.15, -0.1) is 10.2 Å². The molecule has 0 amide bonds. The maximum atomic E-state index is 12.3. The number of aliphatic hydroxyl groups excluding tert-OH is 1. The Balaban J connectivity index is 1.54. The molecular formula is C27H30N8O4. The molecule has 0 bridgehead atoms. The quantitative estimate of drug-likeness (QED) is 0.189. The number of anilines is 3. The zero-order valence-corrected chi connectivity index (χ0v) is 22.0. The zero-order chi connectivity index (χ0) is 27.7. The van der Waals surface area contributed by atoms with Crippen molar-refractivity contribution >= 4 is 28.4 Å². The molecule has 1 atom stereocenters. The fraction of sp³-hybridized carbons (Fsp3) is 0.296. The van der Waals surface area contributed by atoms with Crippen LogP contribution in [0, 0.1) is 0 Å². The van der Waals surface area contributed by atoms with E-state index in [0.717, 1.165) is 5.56 Å². The van der Waals surface area contributed by atoms with Crippen LogP contribution in [0.3, 0.4) is 0 Å². The number of benzene rings is 1. The first-order chi connectivity index (χ1) is 18.6. The molecule has 0 unspecified atom stereocenters. The zero-order valence-electron chi connectivity index (χ0n) is 22.0. The van der Waals surface area contributed by atoms with Crippen molar-refractivity contribution in [2.75, 3.05) is 17.2 Å². The molecular weight excluding hydrogens is 500 g/mol. The van der Waals surface area contributed by atoms with E-state index in [1.165, 1.54) is 0 Å². The van der Waals surface area contributed by atoms with Crippen LogP contribution in [-0.4, -0.2) is 46.8 Å². The van der Waals surface area contributed by atoms with Crippen LogP contribution in [0.1, 0.15) is 51.2 Å². The molecule has 0 spiro atoms. The lowest BCUT2D eigenvalue weighted by Crippen LogP contribution is -2.16. The van der Waals surface area contributed by atoms with Crippen molar-refractivity contribution in [2.24, 2.45) is 0 Å². The van der Waals surface area contributed by atoms with E-state index in [-0.39, 0.29) is 30.0 Å². The van der Waals surface area contributed by atoms with Crippen LogP contribution in [-0.2, 0) is 5.60 Å². The van der Waals surface area contributed by atoms with Crippen molar-refractivity contribution in [3.05, 3.63) is 76.5 Å². The first-order valence-electron chi connectivity index (χ1n) is 12.5. The molecule has 12 nitrogen and oxygen atoms in total. The topological polar surface area (TPSA) is 167 Å². The fourth-order valence-electron chi connectivity index (χ4n) is 4.11. The lowest BCUT2D eigenvalue weighted by Gasteiger charge is -2.20. The smallest absolute Gasteiger partial charge is 0.273 e. The molecule has 0 aliphatic carbocycles. The van der Waals surface area contributed by atoms with Gasteiger partial charge in [0, 0.05) is 18.3 Å². The van der Waals surface area contributed by atoms with Crippen LogP contribution < -0.4 is 16.2 Å². The van der Waals surface area contributed by atoms with Crippen LogP contribution in [0.15, 0.2) is 63.9 Å². The van der Waals surface area contributed by atoms with E-state index in [9.17, 15) is 15.0 Å². The Bertz CT molecular complexity index is 1650. The summed E-state index contributed by atoms with van der Waals surface area (Å²) in [7, 11) is 0. The minimum absolute atomic E-state index is 0.0164. The minimum Gasteiger partial charge on any atom is -0.417 e. The number of fused-ring (bicyclic) bond motifs is 1. The van der Waals surface area contributed by atoms with E-state index in [1.807, 2.05) is 44.2 Å². The van der Waals surface area contributed by atoms with E-state index in [0.29, 0.717) is 33.9 Å². The standard InChI is InChI=1S/C27H30N8O4/c1-15(2)35-23-17(24(37)34-35)10-11-21(31-23)30-22-12-19(29-20(14-36)16-8-6-5-7-9-16)18(13-28-22)25-32-33-26(39-25)27(3,4)38/h5-13,15,20,36,38H,14H2,1-4H3,(H,34,37)(H2,28,29,30,31)/t20-/m1/s1. The Morgan fingerprint density at radius 1 is 1.10 bits per heavy atom. The lowest BCUT2D eigenvalue weighted by molar-refractivity contribution is 0.0488. The number of pyridine rings is 2. The molecule has 5 aromatic rings. The van der Waals surface area contributed by atoms with Crippen molar-refractivity contribution < 1.29 is 14.6 Å². The summed E-state index contributed by atoms with van der Waals surface area (Å²) in [6.45, 7) is 6.85. The number of rotatable bonds is 9. The number of hydrogen-bond donors (Lipinski definition) is 5. The second-order valence-corrected chi connectivity index (χ2v) is 9.97. The van der Waals surface area contributed by atoms with Gasteiger partial charge in [0.2, 0.25) is 5.89 Å². The number of nitrogens with one attached hydrogen (secondary N) is 3. The van der Waals surface area contributed by atoms with Crippen LogP contribution in [0.2, 0.25) is 0 Å². The number of hydrogen-bond acceptors (Lipinski definition) is 10. The van der Waals surface area contributed by atoms with Crippen molar-refractivity contribution in [3.8, 4) is 11.5 Å². The second kappa shape index (κ2) is 10.3. The normalized spacial score (nSPS) is 12.7. The number of nitrogens with zero attached hydrogens (tertiary/aromatic N) is 5. The number of aromatic amines is 1. The van der Waals surface area contributed by atoms with Crippen molar-refractivity contribution in [3.63, 3.8) is 0 Å². The highest BCUT2D eigenvalue weighted by molar-refractivity contribution is 5.79. The van der Waals surface area contributed by atoms with Crippen molar-refractivity contribution in [1.82, 2.24) is 29.9 Å². The maximum Gasteiger partial charge on any atom is 0.273 e. The van der Waals surface area contributed by atoms with Gasteiger partial charge in [-0.05, 0) is 45.4 Å². The van der Waals surface area contributed by atoms with Crippen molar-refractivity contribution in [1.29, 1.82) is 0 Å². The third-order valence-electron chi connectivity index (χ3n) is 6.14. The Kier molecular flexibility index (Phi) is 6.89. The number of aromatic nitrogens is 6. The molecule has 0 saturated carbocycles. The van der Waals surface area contributed by atoms with Gasteiger partial charge in [0.1, 0.15) is 17.2 Å². The van der Waals surface area contributed by atoms with Gasteiger partial charge in [0.05, 0.1) is 29.3 Å². The summed E-state index contributed by atoms with van der Waals surface area (Å²) >= 11 is 0. The molecule has 5 rings (SSSR count). The lowest BCUT2D eigenvalue weighted by atomic mass is 10.1. The highest BCUT2D eigenvalue weighted by atomic mass is 16.4. The summed E-state index contributed by atoms with van der Waals surface area (Å²) in [6, 6.07) is 14.3. The number of H-pyrrole nitrogens is 1. The summed E-state index contributed by atoms with van der Waals surface area (Å²) in [5.74, 6) is 1.17. The van der Waals surface area contributed by atoms with Gasteiger partial charge < -0.3 is 25.3 Å². The van der Waals surface area contributed by atoms with E-state index < -0.39 is 11.6 Å². The average molecular weight is 531 g/mol. The van der Waals surface area contributed by atoms with E-state index >= 15 is 0 Å². The number of aliphatic hydroxyl groups is 2. The van der Waals surface area contributed by atoms with Gasteiger partial charge in [-0.3, -0.25) is 14.6 Å². The van der Waals surface area contributed by atoms with Crippen molar-refractivity contribution in [2.45, 2.75) is 45.4 Å². The molecule has 202 valence electrons. The highest BCUT2D eigenvalue weighted by Crippen LogP contribution is 2.33. The van der Waals surface area contributed by atoms with Crippen LogP contribution in [0.4, 0.5) is 17.3 Å². The summed E-state index contributed by atoms with van der Waals surface area (Å²) in [5.41, 5.74) is 0.942. The van der Waals surface area contributed by atoms with Gasteiger partial charge in [-0.2, -0.15) is 0 Å². The van der Waals surface area contributed by atoms with Gasteiger partial charge >= 0.3 is 0 Å². The molecule has 1 aromatic carbocycles. The molecule has 0 aliphatic heterocycles. The van der Waals surface area contributed by atoms with Crippen LogP contribution in [0.25, 0.3) is 22.5 Å². The molecule has 0 saturated heterocycles. The van der Waals surface area contributed by atoms with Gasteiger partial charge in [0.15, 0.2) is 5.65 Å². The average Bonchev–Trinajstić information content (AvgIpc) is 3.53.